The van der Waals surface area contributed by atoms with Crippen molar-refractivity contribution in [3.8, 4) is 11.1 Å². The number of hydrogen-bond donors (Lipinski definition) is 4. The van der Waals surface area contributed by atoms with E-state index in [0.29, 0.717) is 17.9 Å². The van der Waals surface area contributed by atoms with Crippen LogP contribution in [-0.4, -0.2) is 78.0 Å². The third-order valence-electron chi connectivity index (χ3n) is 6.07. The van der Waals surface area contributed by atoms with Crippen LogP contribution in [0.5, 0.6) is 0 Å². The summed E-state index contributed by atoms with van der Waals surface area (Å²) in [7, 11) is 0. The number of H-pyrrole nitrogens is 2. The number of aromatic amines is 2. The van der Waals surface area contributed by atoms with Gasteiger partial charge in [0.25, 0.3) is 12.4 Å². The first-order valence-electron chi connectivity index (χ1n) is 11.9. The fourth-order valence-electron chi connectivity index (χ4n) is 4.59. The van der Waals surface area contributed by atoms with Gasteiger partial charge >= 0.3 is 0 Å². The van der Waals surface area contributed by atoms with Crippen molar-refractivity contribution in [3.05, 3.63) is 52.9 Å². The SMILES string of the molecule is C[C@@H]1CN(Cc2nc(C(=O)Nc3cc(-c4cnc5[nH]ncc5c4)cc4[nH]ncc34)cs2)C[C@H](C)O1.O=CO. The van der Waals surface area contributed by atoms with E-state index in [1.165, 1.54) is 11.3 Å². The molecule has 0 radical (unpaired) electrons. The van der Waals surface area contributed by atoms with E-state index in [9.17, 15) is 4.79 Å². The average molecular weight is 535 g/mol. The van der Waals surface area contributed by atoms with E-state index < -0.39 is 0 Å². The zero-order chi connectivity index (χ0) is 26.6. The fraction of sp³-hybridized carbons (Fsp3) is 0.280. The maximum absolute atomic E-state index is 13.1. The summed E-state index contributed by atoms with van der Waals surface area (Å²) in [5.74, 6) is -0.251. The van der Waals surface area contributed by atoms with Gasteiger partial charge in [-0.15, -0.1) is 11.3 Å². The van der Waals surface area contributed by atoms with Gasteiger partial charge in [0.05, 0.1) is 42.4 Å². The standard InChI is InChI=1S/C24H24N8O2S.CH2O2/c1-13-9-32(10-14(2)34-13)11-22-28-21(12-35-22)24(33)29-19-4-15(5-20-18(19)8-27-30-20)16-3-17-7-26-31-23(17)25-6-16;2-1-3/h3-8,12-14H,9-11H2,1-2H3,(H,27,30)(H,29,33)(H,25,26,31);1H,(H,2,3)/t13-,14+;. The smallest absolute Gasteiger partial charge is 0.290 e. The maximum Gasteiger partial charge on any atom is 0.290 e. The lowest BCUT2D eigenvalue weighted by Crippen LogP contribution is -2.44. The zero-order valence-electron chi connectivity index (χ0n) is 20.7. The molecular formula is C25H26N8O4S. The predicted octanol–water partition coefficient (Wildman–Crippen LogP) is 3.52. The van der Waals surface area contributed by atoms with Gasteiger partial charge in [0.1, 0.15) is 10.7 Å². The second-order valence-corrected chi connectivity index (χ2v) is 9.97. The third-order valence-corrected chi connectivity index (χ3v) is 6.90. The first kappa shape index (κ1) is 25.4. The molecule has 13 heteroatoms. The van der Waals surface area contributed by atoms with Crippen molar-refractivity contribution in [1.29, 1.82) is 0 Å². The van der Waals surface area contributed by atoms with Gasteiger partial charge in [-0.2, -0.15) is 10.2 Å². The van der Waals surface area contributed by atoms with E-state index >= 15 is 0 Å². The Morgan fingerprint density at radius 3 is 2.71 bits per heavy atom. The van der Waals surface area contributed by atoms with Gasteiger partial charge in [0, 0.05) is 41.0 Å². The quantitative estimate of drug-likeness (QED) is 0.247. The third kappa shape index (κ3) is 5.54. The number of fused-ring (bicyclic) bond motifs is 2. The Kier molecular flexibility index (Phi) is 7.40. The lowest BCUT2D eigenvalue weighted by Gasteiger charge is -2.34. The molecule has 1 saturated heterocycles. The van der Waals surface area contributed by atoms with Crippen LogP contribution >= 0.6 is 11.3 Å². The second-order valence-electron chi connectivity index (χ2n) is 9.02. The summed E-state index contributed by atoms with van der Waals surface area (Å²) in [4.78, 5) is 32.8. The molecule has 5 aromatic rings. The topological polar surface area (TPSA) is 162 Å². The van der Waals surface area contributed by atoms with Gasteiger partial charge in [0.15, 0.2) is 5.65 Å². The number of nitrogens with zero attached hydrogens (tertiary/aromatic N) is 5. The number of morpholine rings is 1. The predicted molar refractivity (Wildman–Crippen MR) is 143 cm³/mol. The minimum absolute atomic E-state index is 0.190. The Labute approximate surface area is 221 Å². The molecule has 4 N–H and O–H groups in total. The van der Waals surface area contributed by atoms with Gasteiger partial charge in [0.2, 0.25) is 0 Å². The van der Waals surface area contributed by atoms with E-state index in [-0.39, 0.29) is 24.6 Å². The minimum Gasteiger partial charge on any atom is -0.483 e. The highest BCUT2D eigenvalue weighted by Gasteiger charge is 2.23. The molecule has 2 atom stereocenters. The highest BCUT2D eigenvalue weighted by molar-refractivity contribution is 7.09. The zero-order valence-corrected chi connectivity index (χ0v) is 21.5. The number of hydrogen-bond acceptors (Lipinski definition) is 9. The number of pyridine rings is 1. The summed E-state index contributed by atoms with van der Waals surface area (Å²) in [5.41, 5.74) is 4.43. The molecule has 1 aromatic carbocycles. The van der Waals surface area contributed by atoms with Crippen LogP contribution in [0.2, 0.25) is 0 Å². The molecule has 0 bridgehead atoms. The molecule has 1 fully saturated rings. The highest BCUT2D eigenvalue weighted by Crippen LogP contribution is 2.31. The summed E-state index contributed by atoms with van der Waals surface area (Å²) in [6.07, 6.45) is 5.61. The van der Waals surface area contributed by atoms with Crippen molar-refractivity contribution in [2.75, 3.05) is 18.4 Å². The molecule has 196 valence electrons. The highest BCUT2D eigenvalue weighted by atomic mass is 32.1. The molecule has 1 amide bonds. The molecule has 12 nitrogen and oxygen atoms in total. The molecule has 1 aliphatic heterocycles. The Balaban J connectivity index is 0.000000937. The van der Waals surface area contributed by atoms with Gasteiger partial charge in [-0.25, -0.2) is 9.97 Å². The number of carbonyl (C=O) groups is 2. The Morgan fingerprint density at radius 2 is 1.92 bits per heavy atom. The van der Waals surface area contributed by atoms with Crippen molar-refractivity contribution in [3.63, 3.8) is 0 Å². The summed E-state index contributed by atoms with van der Waals surface area (Å²) in [6.45, 7) is 6.34. The lowest BCUT2D eigenvalue weighted by atomic mass is 10.0. The number of aromatic nitrogens is 6. The van der Waals surface area contributed by atoms with E-state index in [2.05, 4.69) is 54.4 Å². The molecule has 4 aromatic heterocycles. The van der Waals surface area contributed by atoms with Crippen molar-refractivity contribution in [2.24, 2.45) is 0 Å². The van der Waals surface area contributed by atoms with Crippen LogP contribution < -0.4 is 5.32 Å². The number of rotatable bonds is 5. The van der Waals surface area contributed by atoms with E-state index in [1.54, 1.807) is 18.6 Å². The molecule has 0 unspecified atom stereocenters. The van der Waals surface area contributed by atoms with Crippen molar-refractivity contribution in [2.45, 2.75) is 32.6 Å². The number of thiazole rings is 1. The first-order chi connectivity index (χ1) is 18.4. The molecule has 5 heterocycles. The Bertz CT molecular complexity index is 1570. The van der Waals surface area contributed by atoms with Crippen LogP contribution in [0, 0.1) is 0 Å². The fourth-order valence-corrected chi connectivity index (χ4v) is 5.41. The normalized spacial score (nSPS) is 17.7. The number of nitrogens with one attached hydrogen (secondary N) is 3. The monoisotopic (exact) mass is 534 g/mol. The van der Waals surface area contributed by atoms with E-state index in [4.69, 9.17) is 14.6 Å². The molecule has 0 saturated carbocycles. The van der Waals surface area contributed by atoms with Crippen molar-refractivity contribution >= 4 is 51.3 Å². The second kappa shape index (κ2) is 11.0. The number of carbonyl (C=O) groups excluding carboxylic acids is 1. The number of anilines is 1. The number of carboxylic acid groups (broad SMARTS) is 1. The largest absolute Gasteiger partial charge is 0.483 e. The first-order valence-corrected chi connectivity index (χ1v) is 12.8. The summed E-state index contributed by atoms with van der Waals surface area (Å²) in [6, 6.07) is 5.93. The average Bonchev–Trinajstić information content (AvgIpc) is 3.64. The Hall–Kier alpha value is -4.20. The lowest BCUT2D eigenvalue weighted by molar-refractivity contribution is -0.122. The van der Waals surface area contributed by atoms with Crippen LogP contribution in [0.4, 0.5) is 5.69 Å². The van der Waals surface area contributed by atoms with Crippen LogP contribution in [0.15, 0.2) is 42.2 Å². The number of benzene rings is 1. The van der Waals surface area contributed by atoms with Gasteiger partial charge < -0.3 is 15.2 Å². The number of ether oxygens (including phenoxy) is 1. The maximum atomic E-state index is 13.1. The molecule has 38 heavy (non-hydrogen) atoms. The van der Waals surface area contributed by atoms with Crippen LogP contribution in [0.3, 0.4) is 0 Å². The van der Waals surface area contributed by atoms with E-state index in [0.717, 1.165) is 51.2 Å². The summed E-state index contributed by atoms with van der Waals surface area (Å²) < 4.78 is 5.81. The van der Waals surface area contributed by atoms with Gasteiger partial charge in [-0.05, 0) is 37.6 Å². The van der Waals surface area contributed by atoms with E-state index in [1.807, 2.05) is 23.6 Å². The van der Waals surface area contributed by atoms with Crippen LogP contribution in [-0.2, 0) is 16.1 Å². The Morgan fingerprint density at radius 1 is 1.16 bits per heavy atom. The summed E-state index contributed by atoms with van der Waals surface area (Å²) >= 11 is 1.50. The summed E-state index contributed by atoms with van der Waals surface area (Å²) in [5, 5.41) is 28.5. The van der Waals surface area contributed by atoms with Gasteiger partial charge in [-0.1, -0.05) is 0 Å². The van der Waals surface area contributed by atoms with Gasteiger partial charge in [-0.3, -0.25) is 24.7 Å². The van der Waals surface area contributed by atoms with Crippen LogP contribution in [0.1, 0.15) is 29.3 Å². The minimum atomic E-state index is -0.251. The van der Waals surface area contributed by atoms with Crippen LogP contribution in [0.25, 0.3) is 33.1 Å². The van der Waals surface area contributed by atoms with Crippen molar-refractivity contribution < 1.29 is 19.4 Å². The van der Waals surface area contributed by atoms with Crippen molar-refractivity contribution in [1.82, 2.24) is 35.3 Å². The molecule has 0 spiro atoms. The molecule has 6 rings (SSSR count). The molecular weight excluding hydrogens is 508 g/mol. The molecule has 1 aliphatic rings. The molecule has 0 aliphatic carbocycles. The number of amides is 1.